The molecule has 1 radical (unpaired) electrons. The van der Waals surface area contributed by atoms with E-state index in [0.29, 0.717) is 54.0 Å². The lowest BCUT2D eigenvalue weighted by atomic mass is 10.1. The fraction of sp³-hybridized carbons (Fsp3) is 0.233. The highest BCUT2D eigenvalue weighted by molar-refractivity contribution is 7.59. The van der Waals surface area contributed by atoms with Crippen molar-refractivity contribution in [2.45, 2.75) is 25.9 Å². The largest absolute Gasteiger partial charge is 0.427 e. The van der Waals surface area contributed by atoms with E-state index in [1.807, 2.05) is 67.6 Å². The number of anilines is 1. The van der Waals surface area contributed by atoms with Crippen LogP contribution in [0.5, 0.6) is 0 Å². The van der Waals surface area contributed by atoms with Gasteiger partial charge in [0, 0.05) is 35.0 Å². The van der Waals surface area contributed by atoms with Crippen LogP contribution in [0.1, 0.15) is 24.7 Å². The maximum Gasteiger partial charge on any atom is 0.308 e. The van der Waals surface area contributed by atoms with E-state index >= 15 is 0 Å². The Labute approximate surface area is 242 Å². The third-order valence-corrected chi connectivity index (χ3v) is 8.91. The summed E-state index contributed by atoms with van der Waals surface area (Å²) in [5.41, 5.74) is 4.72. The molecule has 0 bridgehead atoms. The van der Waals surface area contributed by atoms with Gasteiger partial charge in [-0.2, -0.15) is 4.98 Å². The van der Waals surface area contributed by atoms with E-state index in [-0.39, 0.29) is 18.2 Å². The van der Waals surface area contributed by atoms with Crippen molar-refractivity contribution < 1.29 is 23.2 Å². The Bertz CT molecular complexity index is 1660. The lowest BCUT2D eigenvalue weighted by Gasteiger charge is -2.35. The number of aromatic nitrogens is 3. The summed E-state index contributed by atoms with van der Waals surface area (Å²) in [6.07, 6.45) is 2.51. The third-order valence-electron chi connectivity index (χ3n) is 6.78. The Kier molecular flexibility index (Phi) is 7.88. The summed E-state index contributed by atoms with van der Waals surface area (Å²) in [4.78, 5) is 32.7. The number of oxazole rings is 1. The highest BCUT2D eigenvalue weighted by Gasteiger charge is 2.33. The average molecular weight is 592 g/mol. The molecule has 3 aromatic carbocycles. The van der Waals surface area contributed by atoms with Gasteiger partial charge in [-0.05, 0) is 42.0 Å². The van der Waals surface area contributed by atoms with Crippen molar-refractivity contribution in [2.75, 3.05) is 18.5 Å². The minimum absolute atomic E-state index is 0.162. The smallest absolute Gasteiger partial charge is 0.308 e. The van der Waals surface area contributed by atoms with Crippen LogP contribution >= 0.6 is 19.5 Å². The standard InChI is InChI=1S/C30H29ClN4O5P/c1-20-16-38-41(37,39-17-20)18-21-6-12-24(13-7-21)33-28(36)15-14-27-29(22-8-10-23(31)11-9-22)34-30(40-27)35-19-32-25-4-2-3-5-26(25)35/h2-13,19-20,37H,14-18H2,1H3,(H,33,36). The molecule has 1 amide bonds. The van der Waals surface area contributed by atoms with Gasteiger partial charge in [-0.25, -0.2) is 4.98 Å². The van der Waals surface area contributed by atoms with Gasteiger partial charge in [-0.1, -0.05) is 54.9 Å². The van der Waals surface area contributed by atoms with Crippen molar-refractivity contribution in [3.8, 4) is 17.3 Å². The first-order valence-corrected chi connectivity index (χ1v) is 15.5. The van der Waals surface area contributed by atoms with Crippen LogP contribution in [0.2, 0.25) is 5.02 Å². The lowest BCUT2D eigenvalue weighted by Crippen LogP contribution is -2.22. The third kappa shape index (κ3) is 6.35. The second-order valence-corrected chi connectivity index (χ2v) is 12.7. The van der Waals surface area contributed by atoms with E-state index in [2.05, 4.69) is 10.3 Å². The van der Waals surface area contributed by atoms with Crippen molar-refractivity contribution in [3.63, 3.8) is 0 Å². The molecular formula is C30H29ClN4O5P. The predicted octanol–water partition coefficient (Wildman–Crippen LogP) is 6.84. The van der Waals surface area contributed by atoms with Crippen LogP contribution < -0.4 is 5.32 Å². The zero-order valence-corrected chi connectivity index (χ0v) is 24.0. The van der Waals surface area contributed by atoms with Gasteiger partial charge in [0.1, 0.15) is 17.8 Å². The van der Waals surface area contributed by atoms with Gasteiger partial charge in [0.15, 0.2) is 0 Å². The summed E-state index contributed by atoms with van der Waals surface area (Å²) < 4.78 is 19.2. The number of aryl methyl sites for hydroxylation is 1. The van der Waals surface area contributed by atoms with Gasteiger partial charge in [0.25, 0.3) is 0 Å². The van der Waals surface area contributed by atoms with Crippen molar-refractivity contribution in [1.29, 1.82) is 0 Å². The SMILES string of the molecule is CC1CO[P](O)(Cc2ccc(NC(=O)CCc3oc(-n4cnc5ccccc54)nc3-c3ccc(Cl)cc3)cc2)OC1. The molecule has 3 heterocycles. The van der Waals surface area contributed by atoms with Crippen LogP contribution in [0.3, 0.4) is 0 Å². The molecule has 0 atom stereocenters. The quantitative estimate of drug-likeness (QED) is 0.190. The zero-order valence-electron chi connectivity index (χ0n) is 22.4. The molecule has 0 aliphatic carbocycles. The topological polar surface area (TPSA) is 112 Å². The zero-order chi connectivity index (χ0) is 28.4. The highest BCUT2D eigenvalue weighted by Crippen LogP contribution is 2.61. The molecule has 2 aromatic heterocycles. The van der Waals surface area contributed by atoms with Gasteiger partial charge in [-0.15, -0.1) is 0 Å². The normalized spacial score (nSPS) is 19.0. The van der Waals surface area contributed by atoms with Crippen LogP contribution in [-0.4, -0.2) is 38.5 Å². The summed E-state index contributed by atoms with van der Waals surface area (Å²) in [6, 6.07) is 22.8. The van der Waals surface area contributed by atoms with E-state index in [4.69, 9.17) is 30.0 Å². The van der Waals surface area contributed by atoms with Crippen LogP contribution in [0.4, 0.5) is 5.69 Å². The summed E-state index contributed by atoms with van der Waals surface area (Å²) in [5, 5.41) is 3.55. The Morgan fingerprint density at radius 2 is 1.80 bits per heavy atom. The molecule has 2 N–H and O–H groups in total. The second kappa shape index (κ2) is 11.7. The van der Waals surface area contributed by atoms with Crippen LogP contribution in [0.15, 0.2) is 83.5 Å². The number of hydrogen-bond acceptors (Lipinski definition) is 7. The number of halogens is 1. The summed E-state index contributed by atoms with van der Waals surface area (Å²) in [7, 11) is -2.89. The number of amides is 1. The molecule has 41 heavy (non-hydrogen) atoms. The number of imidazole rings is 1. The molecule has 0 unspecified atom stereocenters. The molecule has 5 aromatic rings. The van der Waals surface area contributed by atoms with Gasteiger partial charge >= 0.3 is 6.01 Å². The molecule has 1 saturated heterocycles. The van der Waals surface area contributed by atoms with Crippen molar-refractivity contribution in [2.24, 2.45) is 5.92 Å². The maximum absolute atomic E-state index is 12.9. The minimum atomic E-state index is -2.89. The molecule has 211 valence electrons. The number of benzene rings is 3. The Morgan fingerprint density at radius 1 is 1.07 bits per heavy atom. The Morgan fingerprint density at radius 3 is 2.56 bits per heavy atom. The molecule has 0 spiro atoms. The number of nitrogens with zero attached hydrogens (tertiary/aromatic N) is 3. The monoisotopic (exact) mass is 591 g/mol. The summed E-state index contributed by atoms with van der Waals surface area (Å²) >= 11 is 6.11. The fourth-order valence-corrected chi connectivity index (χ4v) is 6.63. The van der Waals surface area contributed by atoms with E-state index in [9.17, 15) is 9.69 Å². The molecular weight excluding hydrogens is 563 g/mol. The number of para-hydroxylation sites is 2. The number of carbonyl (C=O) groups excluding carboxylic acids is 1. The fourth-order valence-electron chi connectivity index (χ4n) is 4.60. The highest BCUT2D eigenvalue weighted by atomic mass is 35.5. The van der Waals surface area contributed by atoms with Gasteiger partial charge in [-0.3, -0.25) is 9.36 Å². The maximum atomic E-state index is 12.9. The van der Waals surface area contributed by atoms with E-state index in [0.717, 1.165) is 22.2 Å². The number of fused-ring (bicyclic) bond motifs is 1. The van der Waals surface area contributed by atoms with Gasteiger partial charge in [0.2, 0.25) is 13.9 Å². The first-order valence-electron chi connectivity index (χ1n) is 13.3. The molecule has 9 nitrogen and oxygen atoms in total. The number of rotatable bonds is 8. The van der Waals surface area contributed by atoms with E-state index in [1.54, 1.807) is 23.0 Å². The molecule has 0 saturated carbocycles. The van der Waals surface area contributed by atoms with Crippen molar-refractivity contribution in [3.05, 3.63) is 95.5 Å². The average Bonchev–Trinajstić information content (AvgIpc) is 3.60. The van der Waals surface area contributed by atoms with Gasteiger partial charge < -0.3 is 23.7 Å². The van der Waals surface area contributed by atoms with Crippen LogP contribution in [0.25, 0.3) is 28.3 Å². The molecule has 1 aliphatic heterocycles. The Hall–Kier alpha value is -3.59. The first-order chi connectivity index (χ1) is 19.8. The molecule has 11 heteroatoms. The lowest BCUT2D eigenvalue weighted by molar-refractivity contribution is -0.116. The molecule has 1 aliphatic rings. The second-order valence-electron chi connectivity index (χ2n) is 10.1. The first kappa shape index (κ1) is 27.6. The number of nitrogens with one attached hydrogen (secondary N) is 1. The van der Waals surface area contributed by atoms with E-state index < -0.39 is 7.94 Å². The van der Waals surface area contributed by atoms with Crippen molar-refractivity contribution in [1.82, 2.24) is 14.5 Å². The Balaban J connectivity index is 1.15. The van der Waals surface area contributed by atoms with Crippen LogP contribution in [0, 0.1) is 5.92 Å². The molecule has 1 fully saturated rings. The summed E-state index contributed by atoms with van der Waals surface area (Å²) in [6.45, 7) is 3.00. The summed E-state index contributed by atoms with van der Waals surface area (Å²) in [5.74, 6) is 0.693. The number of hydrogen-bond donors (Lipinski definition) is 2. The minimum Gasteiger partial charge on any atom is -0.427 e. The van der Waals surface area contributed by atoms with Gasteiger partial charge in [0.05, 0.1) is 30.4 Å². The number of carbonyl (C=O) groups is 1. The van der Waals surface area contributed by atoms with Crippen LogP contribution in [-0.2, 0) is 26.4 Å². The van der Waals surface area contributed by atoms with E-state index in [1.165, 1.54) is 0 Å². The predicted molar refractivity (Wildman–Crippen MR) is 159 cm³/mol. The van der Waals surface area contributed by atoms with Crippen molar-refractivity contribution >= 4 is 42.2 Å². The molecule has 6 rings (SSSR count).